The number of benzene rings is 1. The van der Waals surface area contributed by atoms with E-state index in [9.17, 15) is 18.0 Å². The van der Waals surface area contributed by atoms with E-state index in [-0.39, 0.29) is 43.0 Å². The summed E-state index contributed by atoms with van der Waals surface area (Å²) in [5.41, 5.74) is 5.15. The van der Waals surface area contributed by atoms with Crippen molar-refractivity contribution in [3.63, 3.8) is 0 Å². The molecule has 8 heteroatoms. The third-order valence-corrected chi connectivity index (χ3v) is 4.01. The van der Waals surface area contributed by atoms with E-state index in [1.807, 2.05) is 0 Å². The lowest BCUT2D eigenvalue weighted by Crippen LogP contribution is -2.33. The molecule has 2 N–H and O–H groups in total. The third-order valence-electron chi connectivity index (χ3n) is 4.01. The Kier molecular flexibility index (Phi) is 5.80. The second kappa shape index (κ2) is 7.49. The first kappa shape index (κ1) is 19.3. The average molecular weight is 375 g/mol. The highest BCUT2D eigenvalue weighted by Crippen LogP contribution is 2.35. The zero-order valence-electron chi connectivity index (χ0n) is 13.3. The van der Waals surface area contributed by atoms with Gasteiger partial charge in [0.25, 0.3) is 5.91 Å². The predicted molar refractivity (Wildman–Crippen MR) is 88.2 cm³/mol. The lowest BCUT2D eigenvalue weighted by Gasteiger charge is -2.24. The van der Waals surface area contributed by atoms with Crippen LogP contribution in [0.3, 0.4) is 0 Å². The molecule has 1 heterocycles. The van der Waals surface area contributed by atoms with Gasteiger partial charge in [-0.3, -0.25) is 4.79 Å². The highest BCUT2D eigenvalue weighted by atomic mass is 35.5. The Morgan fingerprint density at radius 3 is 2.52 bits per heavy atom. The maximum atomic E-state index is 13.2. The number of hydrogen-bond acceptors (Lipinski definition) is 3. The molecule has 2 aromatic rings. The van der Waals surface area contributed by atoms with Crippen LogP contribution in [0.1, 0.15) is 40.1 Å². The monoisotopic (exact) mass is 374 g/mol. The minimum absolute atomic E-state index is 0. The number of hydrogen-bond donors (Lipinski definition) is 1. The number of rotatable bonds is 5. The Bertz CT molecular complexity index is 741. The zero-order chi connectivity index (χ0) is 17.3. The van der Waals surface area contributed by atoms with Crippen LogP contribution in [0.25, 0.3) is 0 Å². The van der Waals surface area contributed by atoms with Crippen molar-refractivity contribution in [1.29, 1.82) is 0 Å². The van der Waals surface area contributed by atoms with E-state index in [1.54, 1.807) is 6.07 Å². The van der Waals surface area contributed by atoms with Crippen molar-refractivity contribution in [3.8, 4) is 0 Å². The first-order valence-electron chi connectivity index (χ1n) is 7.63. The van der Waals surface area contributed by atoms with Crippen molar-refractivity contribution in [2.75, 3.05) is 0 Å². The van der Waals surface area contributed by atoms with Gasteiger partial charge in [0, 0.05) is 12.6 Å². The predicted octanol–water partition coefficient (Wildman–Crippen LogP) is 3.98. The van der Waals surface area contributed by atoms with Crippen LogP contribution in [0.15, 0.2) is 41.0 Å². The first-order chi connectivity index (χ1) is 11.4. The van der Waals surface area contributed by atoms with E-state index in [2.05, 4.69) is 0 Å². The Hall–Kier alpha value is -1.99. The molecule has 25 heavy (non-hydrogen) atoms. The van der Waals surface area contributed by atoms with Crippen LogP contribution < -0.4 is 5.73 Å². The number of carbonyl (C=O) groups is 1. The van der Waals surface area contributed by atoms with Gasteiger partial charge in [-0.25, -0.2) is 0 Å². The second-order valence-corrected chi connectivity index (χ2v) is 5.82. The standard InChI is InChI=1S/C17H17F3N2O2.ClH/c18-17(19,20)15-4-2-1-3-11(15)9-22(13-5-6-13)16(23)12-7-14(8-21)24-10-12;/h1-4,7,10,13H,5-6,8-9,21H2;1H. The average Bonchev–Trinajstić information content (AvgIpc) is 3.27. The lowest BCUT2D eigenvalue weighted by molar-refractivity contribution is -0.138. The van der Waals surface area contributed by atoms with Crippen molar-refractivity contribution in [2.45, 2.75) is 38.1 Å². The summed E-state index contributed by atoms with van der Waals surface area (Å²) in [7, 11) is 0. The molecule has 0 bridgehead atoms. The van der Waals surface area contributed by atoms with Crippen LogP contribution in [-0.2, 0) is 19.3 Å². The van der Waals surface area contributed by atoms with E-state index < -0.39 is 11.7 Å². The Morgan fingerprint density at radius 1 is 1.28 bits per heavy atom. The normalized spacial score (nSPS) is 14.1. The van der Waals surface area contributed by atoms with Gasteiger partial charge in [-0.1, -0.05) is 18.2 Å². The molecular weight excluding hydrogens is 357 g/mol. The molecule has 3 rings (SSSR count). The molecular formula is C17H18ClF3N2O2. The summed E-state index contributed by atoms with van der Waals surface area (Å²) in [6.07, 6.45) is -1.56. The van der Waals surface area contributed by atoms with Crippen LogP contribution >= 0.6 is 12.4 Å². The van der Waals surface area contributed by atoms with Crippen molar-refractivity contribution in [1.82, 2.24) is 4.90 Å². The molecule has 1 aliphatic carbocycles. The third kappa shape index (κ3) is 4.35. The van der Waals surface area contributed by atoms with Gasteiger partial charge in [0.05, 0.1) is 17.7 Å². The largest absolute Gasteiger partial charge is 0.467 e. The maximum absolute atomic E-state index is 13.2. The maximum Gasteiger partial charge on any atom is 0.416 e. The molecule has 1 fully saturated rings. The minimum atomic E-state index is -4.45. The van der Waals surface area contributed by atoms with Gasteiger partial charge in [0.1, 0.15) is 12.0 Å². The molecule has 1 saturated carbocycles. The highest BCUT2D eigenvalue weighted by Gasteiger charge is 2.37. The second-order valence-electron chi connectivity index (χ2n) is 5.82. The summed E-state index contributed by atoms with van der Waals surface area (Å²) in [5, 5.41) is 0. The Morgan fingerprint density at radius 2 is 1.96 bits per heavy atom. The van der Waals surface area contributed by atoms with Crippen LogP contribution in [0.4, 0.5) is 13.2 Å². The number of carbonyl (C=O) groups excluding carboxylic acids is 1. The SMILES string of the molecule is Cl.NCc1cc(C(=O)N(Cc2ccccc2C(F)(F)F)C2CC2)co1. The molecule has 136 valence electrons. The number of furan rings is 1. The zero-order valence-corrected chi connectivity index (χ0v) is 14.1. The van der Waals surface area contributed by atoms with E-state index in [0.717, 1.165) is 18.9 Å². The minimum Gasteiger partial charge on any atom is -0.467 e. The molecule has 1 aromatic carbocycles. The highest BCUT2D eigenvalue weighted by molar-refractivity contribution is 5.94. The van der Waals surface area contributed by atoms with Gasteiger partial charge in [0.15, 0.2) is 0 Å². The first-order valence-corrected chi connectivity index (χ1v) is 7.63. The van der Waals surface area contributed by atoms with Crippen LogP contribution in [-0.4, -0.2) is 16.8 Å². The van der Waals surface area contributed by atoms with Crippen LogP contribution in [0, 0.1) is 0 Å². The van der Waals surface area contributed by atoms with E-state index in [1.165, 1.54) is 29.4 Å². The Labute approximate surface area is 149 Å². The summed E-state index contributed by atoms with van der Waals surface area (Å²) >= 11 is 0. The summed E-state index contributed by atoms with van der Waals surface area (Å²) < 4.78 is 44.6. The number of alkyl halides is 3. The molecule has 1 amide bonds. The van der Waals surface area contributed by atoms with Gasteiger partial charge < -0.3 is 15.1 Å². The summed E-state index contributed by atoms with van der Waals surface area (Å²) in [4.78, 5) is 14.1. The van der Waals surface area contributed by atoms with Crippen molar-refractivity contribution in [2.24, 2.45) is 5.73 Å². The molecule has 0 radical (unpaired) electrons. The Balaban J connectivity index is 0.00000225. The van der Waals surface area contributed by atoms with Crippen LogP contribution in [0.5, 0.6) is 0 Å². The molecule has 0 saturated heterocycles. The molecule has 1 aliphatic rings. The molecule has 4 nitrogen and oxygen atoms in total. The van der Waals surface area contributed by atoms with Gasteiger partial charge in [-0.15, -0.1) is 12.4 Å². The van der Waals surface area contributed by atoms with Crippen LogP contribution in [0.2, 0.25) is 0 Å². The lowest BCUT2D eigenvalue weighted by atomic mass is 10.1. The van der Waals surface area contributed by atoms with Crippen molar-refractivity contribution >= 4 is 18.3 Å². The smallest absolute Gasteiger partial charge is 0.416 e. The van der Waals surface area contributed by atoms with Gasteiger partial charge in [0.2, 0.25) is 0 Å². The molecule has 1 aromatic heterocycles. The molecule has 0 unspecified atom stereocenters. The van der Waals surface area contributed by atoms with Crippen molar-refractivity contribution < 1.29 is 22.4 Å². The van der Waals surface area contributed by atoms with Gasteiger partial charge in [-0.2, -0.15) is 13.2 Å². The molecule has 0 atom stereocenters. The van der Waals surface area contributed by atoms with E-state index in [0.29, 0.717) is 11.3 Å². The molecule has 0 spiro atoms. The fourth-order valence-corrected chi connectivity index (χ4v) is 2.64. The van der Waals surface area contributed by atoms with E-state index in [4.69, 9.17) is 10.2 Å². The summed E-state index contributed by atoms with van der Waals surface area (Å²) in [6, 6.07) is 6.84. The fraction of sp³-hybridized carbons (Fsp3) is 0.353. The summed E-state index contributed by atoms with van der Waals surface area (Å²) in [5.74, 6) is 0.128. The molecule has 0 aliphatic heterocycles. The topological polar surface area (TPSA) is 59.5 Å². The quantitative estimate of drug-likeness (QED) is 0.861. The van der Waals surface area contributed by atoms with Crippen molar-refractivity contribution in [3.05, 3.63) is 59.0 Å². The number of halogens is 4. The summed E-state index contributed by atoms with van der Waals surface area (Å²) in [6.45, 7) is 0.0793. The van der Waals surface area contributed by atoms with E-state index >= 15 is 0 Å². The van der Waals surface area contributed by atoms with Gasteiger partial charge in [-0.05, 0) is 30.5 Å². The number of nitrogens with two attached hydrogens (primary N) is 1. The number of amides is 1. The fourth-order valence-electron chi connectivity index (χ4n) is 2.64. The van der Waals surface area contributed by atoms with Gasteiger partial charge >= 0.3 is 6.18 Å². The number of nitrogens with zero attached hydrogens (tertiary/aromatic N) is 1.